The standard InChI is InChI=1S/C21H29N5O4/c1-14-5-7-15(8-6-14)26-12-9-16-19(21(26)28)23-24-20(16)22-17(27)10-11-25(2)13-18(29-3)30-4/h5-8,18H,9-13H2,1-4H3,(H2,22,23,24,27). The molecule has 0 radical (unpaired) electrons. The number of carbonyl (C=O) groups is 2. The van der Waals surface area contributed by atoms with E-state index < -0.39 is 0 Å². The minimum Gasteiger partial charge on any atom is -0.355 e. The summed E-state index contributed by atoms with van der Waals surface area (Å²) in [6, 6.07) is 7.83. The Bertz CT molecular complexity index is 876. The van der Waals surface area contributed by atoms with Crippen LogP contribution in [0.15, 0.2) is 24.3 Å². The van der Waals surface area contributed by atoms with E-state index in [1.165, 1.54) is 0 Å². The number of carbonyl (C=O) groups excluding carboxylic acids is 2. The van der Waals surface area contributed by atoms with Gasteiger partial charge < -0.3 is 24.6 Å². The van der Waals surface area contributed by atoms with E-state index in [0.717, 1.165) is 16.8 Å². The van der Waals surface area contributed by atoms with Crippen molar-refractivity contribution in [1.29, 1.82) is 0 Å². The molecule has 1 aromatic heterocycles. The van der Waals surface area contributed by atoms with Crippen LogP contribution in [0.3, 0.4) is 0 Å². The number of aromatic amines is 1. The first kappa shape index (κ1) is 21.9. The van der Waals surface area contributed by atoms with Crippen LogP contribution in [0.2, 0.25) is 0 Å². The molecule has 162 valence electrons. The third-order valence-electron chi connectivity index (χ3n) is 5.22. The second-order valence-electron chi connectivity index (χ2n) is 7.43. The number of anilines is 2. The van der Waals surface area contributed by atoms with Crippen LogP contribution in [0.1, 0.15) is 28.0 Å². The summed E-state index contributed by atoms with van der Waals surface area (Å²) >= 11 is 0. The monoisotopic (exact) mass is 415 g/mol. The molecule has 2 amide bonds. The van der Waals surface area contributed by atoms with Gasteiger partial charge >= 0.3 is 0 Å². The number of hydrogen-bond acceptors (Lipinski definition) is 6. The Morgan fingerprint density at radius 2 is 2.00 bits per heavy atom. The second-order valence-corrected chi connectivity index (χ2v) is 7.43. The number of ether oxygens (including phenoxy) is 2. The third kappa shape index (κ3) is 5.05. The van der Waals surface area contributed by atoms with Gasteiger partial charge in [0.2, 0.25) is 5.91 Å². The number of hydrogen-bond donors (Lipinski definition) is 2. The number of H-pyrrole nitrogens is 1. The van der Waals surface area contributed by atoms with E-state index >= 15 is 0 Å². The lowest BCUT2D eigenvalue weighted by molar-refractivity contribution is -0.120. The quantitative estimate of drug-likeness (QED) is 0.606. The summed E-state index contributed by atoms with van der Waals surface area (Å²) in [6.07, 6.45) is 0.574. The van der Waals surface area contributed by atoms with Crippen molar-refractivity contribution in [2.75, 3.05) is 51.1 Å². The van der Waals surface area contributed by atoms with Gasteiger partial charge in [-0.1, -0.05) is 17.7 Å². The van der Waals surface area contributed by atoms with Gasteiger partial charge in [-0.05, 0) is 32.5 Å². The van der Waals surface area contributed by atoms with Crippen molar-refractivity contribution in [2.45, 2.75) is 26.1 Å². The van der Waals surface area contributed by atoms with E-state index in [9.17, 15) is 9.59 Å². The van der Waals surface area contributed by atoms with Crippen LogP contribution < -0.4 is 10.2 Å². The summed E-state index contributed by atoms with van der Waals surface area (Å²) < 4.78 is 10.3. The van der Waals surface area contributed by atoms with Crippen LogP contribution in [0.5, 0.6) is 0 Å². The Morgan fingerprint density at radius 3 is 2.67 bits per heavy atom. The molecule has 9 heteroatoms. The lowest BCUT2D eigenvalue weighted by Gasteiger charge is -2.26. The Hall–Kier alpha value is -2.75. The lowest BCUT2D eigenvalue weighted by atomic mass is 10.0. The highest BCUT2D eigenvalue weighted by molar-refractivity contribution is 6.08. The van der Waals surface area contributed by atoms with Gasteiger partial charge in [-0.15, -0.1) is 0 Å². The van der Waals surface area contributed by atoms with Crippen LogP contribution in [0.25, 0.3) is 0 Å². The molecule has 0 bridgehead atoms. The largest absolute Gasteiger partial charge is 0.355 e. The lowest BCUT2D eigenvalue weighted by Crippen LogP contribution is -2.37. The van der Waals surface area contributed by atoms with E-state index in [1.54, 1.807) is 19.1 Å². The molecule has 2 N–H and O–H groups in total. The first-order chi connectivity index (χ1) is 14.4. The Kier molecular flexibility index (Phi) is 7.20. The fraction of sp³-hybridized carbons (Fsp3) is 0.476. The average molecular weight is 415 g/mol. The number of aromatic nitrogens is 2. The van der Waals surface area contributed by atoms with E-state index in [0.29, 0.717) is 44.0 Å². The minimum absolute atomic E-state index is 0.141. The van der Waals surface area contributed by atoms with Crippen molar-refractivity contribution in [1.82, 2.24) is 15.1 Å². The van der Waals surface area contributed by atoms with Gasteiger partial charge in [0.15, 0.2) is 12.1 Å². The smallest absolute Gasteiger partial charge is 0.276 e. The zero-order chi connectivity index (χ0) is 21.7. The third-order valence-corrected chi connectivity index (χ3v) is 5.22. The number of nitrogens with one attached hydrogen (secondary N) is 2. The van der Waals surface area contributed by atoms with Gasteiger partial charge in [-0.2, -0.15) is 5.10 Å². The minimum atomic E-state index is -0.334. The number of likely N-dealkylation sites (N-methyl/N-ethyl adjacent to an activating group) is 1. The summed E-state index contributed by atoms with van der Waals surface area (Å²) in [5, 5.41) is 9.80. The van der Waals surface area contributed by atoms with Crippen LogP contribution in [0, 0.1) is 6.92 Å². The topological polar surface area (TPSA) is 99.8 Å². The van der Waals surface area contributed by atoms with Crippen LogP contribution in [-0.2, 0) is 20.7 Å². The van der Waals surface area contributed by atoms with Crippen LogP contribution >= 0.6 is 0 Å². The zero-order valence-corrected chi connectivity index (χ0v) is 17.9. The van der Waals surface area contributed by atoms with Crippen molar-refractivity contribution in [3.05, 3.63) is 41.1 Å². The van der Waals surface area contributed by atoms with Crippen molar-refractivity contribution < 1.29 is 19.1 Å². The molecular formula is C21H29N5O4. The fourth-order valence-corrected chi connectivity index (χ4v) is 3.40. The van der Waals surface area contributed by atoms with E-state index in [2.05, 4.69) is 15.5 Å². The predicted octanol–water partition coefficient (Wildman–Crippen LogP) is 1.80. The van der Waals surface area contributed by atoms with Gasteiger partial charge in [-0.3, -0.25) is 14.7 Å². The summed E-state index contributed by atoms with van der Waals surface area (Å²) in [5.74, 6) is 0.134. The summed E-state index contributed by atoms with van der Waals surface area (Å²) in [4.78, 5) is 28.9. The van der Waals surface area contributed by atoms with Gasteiger partial charge in [0, 0.05) is 51.5 Å². The average Bonchev–Trinajstić information content (AvgIpc) is 3.15. The van der Waals surface area contributed by atoms with Gasteiger partial charge in [0.1, 0.15) is 5.69 Å². The number of aryl methyl sites for hydroxylation is 1. The van der Waals surface area contributed by atoms with Gasteiger partial charge in [-0.25, -0.2) is 0 Å². The molecule has 0 aliphatic carbocycles. The molecular weight excluding hydrogens is 386 g/mol. The highest BCUT2D eigenvalue weighted by Gasteiger charge is 2.30. The van der Waals surface area contributed by atoms with E-state index in [4.69, 9.17) is 9.47 Å². The molecule has 2 heterocycles. The highest BCUT2D eigenvalue weighted by Crippen LogP contribution is 2.27. The maximum atomic E-state index is 12.9. The SMILES string of the molecule is COC(CN(C)CCC(=O)Nc1n[nH]c2c1CCN(c1ccc(C)cc1)C2=O)OC. The molecule has 0 saturated heterocycles. The van der Waals surface area contributed by atoms with Crippen LogP contribution in [-0.4, -0.2) is 74.1 Å². The molecule has 2 aromatic rings. The number of nitrogens with zero attached hydrogens (tertiary/aromatic N) is 3. The van der Waals surface area contributed by atoms with Crippen molar-refractivity contribution in [3.63, 3.8) is 0 Å². The van der Waals surface area contributed by atoms with Crippen molar-refractivity contribution in [2.24, 2.45) is 0 Å². The van der Waals surface area contributed by atoms with Crippen LogP contribution in [0.4, 0.5) is 11.5 Å². The first-order valence-electron chi connectivity index (χ1n) is 9.92. The molecule has 1 aliphatic rings. The van der Waals surface area contributed by atoms with E-state index in [-0.39, 0.29) is 18.1 Å². The van der Waals surface area contributed by atoms with E-state index in [1.807, 2.05) is 43.1 Å². The maximum Gasteiger partial charge on any atom is 0.276 e. The summed E-state index contributed by atoms with van der Waals surface area (Å²) in [5.41, 5.74) is 3.17. The molecule has 30 heavy (non-hydrogen) atoms. The van der Waals surface area contributed by atoms with Gasteiger partial charge in [0.05, 0.1) is 0 Å². The second kappa shape index (κ2) is 9.84. The molecule has 9 nitrogen and oxygen atoms in total. The number of rotatable bonds is 9. The molecule has 0 fully saturated rings. The molecule has 0 saturated carbocycles. The molecule has 0 unspecified atom stereocenters. The van der Waals surface area contributed by atoms with Crippen molar-refractivity contribution in [3.8, 4) is 0 Å². The number of benzene rings is 1. The molecule has 0 spiro atoms. The molecule has 3 rings (SSSR count). The molecule has 1 aliphatic heterocycles. The summed E-state index contributed by atoms with van der Waals surface area (Å²) in [6.45, 7) is 3.65. The zero-order valence-electron chi connectivity index (χ0n) is 17.9. The predicted molar refractivity (Wildman–Crippen MR) is 114 cm³/mol. The fourth-order valence-electron chi connectivity index (χ4n) is 3.40. The molecule has 1 aromatic carbocycles. The highest BCUT2D eigenvalue weighted by atomic mass is 16.7. The number of methoxy groups -OCH3 is 2. The Balaban J connectivity index is 1.58. The Morgan fingerprint density at radius 1 is 1.30 bits per heavy atom. The van der Waals surface area contributed by atoms with Crippen molar-refractivity contribution >= 4 is 23.3 Å². The Labute approximate surface area is 176 Å². The number of amides is 2. The normalized spacial score (nSPS) is 13.8. The van der Waals surface area contributed by atoms with Gasteiger partial charge in [0.25, 0.3) is 5.91 Å². The maximum absolute atomic E-state index is 12.9. The molecule has 0 atom stereocenters. The summed E-state index contributed by atoms with van der Waals surface area (Å²) in [7, 11) is 5.06. The number of fused-ring (bicyclic) bond motifs is 1. The first-order valence-corrected chi connectivity index (χ1v) is 9.92.